The van der Waals surface area contributed by atoms with Crippen LogP contribution in [0.3, 0.4) is 0 Å². The van der Waals surface area contributed by atoms with Gasteiger partial charge in [-0.1, -0.05) is 6.07 Å². The molecule has 3 aromatic rings. The summed E-state index contributed by atoms with van der Waals surface area (Å²) in [5, 5.41) is 8.06. The molecule has 6 nitrogen and oxygen atoms in total. The number of nitrogens with one attached hydrogen (secondary N) is 1. The highest BCUT2D eigenvalue weighted by Crippen LogP contribution is 2.33. The number of anilines is 2. The van der Waals surface area contributed by atoms with Gasteiger partial charge < -0.3 is 5.32 Å². The molecule has 0 radical (unpaired) electrons. The van der Waals surface area contributed by atoms with Crippen LogP contribution in [0.2, 0.25) is 0 Å². The van der Waals surface area contributed by atoms with Gasteiger partial charge in [-0.15, -0.1) is 0 Å². The van der Waals surface area contributed by atoms with Gasteiger partial charge in [0, 0.05) is 30.0 Å². The zero-order chi connectivity index (χ0) is 20.4. The zero-order valence-electron chi connectivity index (χ0n) is 17.8. The minimum atomic E-state index is 0.361. The first-order valence-electron chi connectivity index (χ1n) is 10.5. The largest absolute Gasteiger partial charge is 0.339 e. The van der Waals surface area contributed by atoms with E-state index >= 15 is 0 Å². The number of hydrogen-bond donors (Lipinski definition) is 1. The molecule has 4 rings (SSSR count). The number of hydrogen-bond acceptors (Lipinski definition) is 5. The molecular formula is C23H30N6. The second-order valence-electron chi connectivity index (χ2n) is 8.13. The van der Waals surface area contributed by atoms with Gasteiger partial charge in [0.2, 0.25) is 0 Å². The van der Waals surface area contributed by atoms with E-state index in [-0.39, 0.29) is 0 Å². The van der Waals surface area contributed by atoms with E-state index in [1.807, 2.05) is 24.4 Å². The summed E-state index contributed by atoms with van der Waals surface area (Å²) < 4.78 is 2.14. The molecule has 1 aliphatic rings. The van der Waals surface area contributed by atoms with Crippen molar-refractivity contribution in [2.75, 3.05) is 11.9 Å². The Labute approximate surface area is 173 Å². The van der Waals surface area contributed by atoms with Crippen LogP contribution < -0.4 is 5.32 Å². The maximum atomic E-state index is 4.77. The third-order valence-corrected chi connectivity index (χ3v) is 5.75. The lowest BCUT2D eigenvalue weighted by Gasteiger charge is -2.24. The number of nitrogens with zero attached hydrogens (tertiary/aromatic N) is 5. The Morgan fingerprint density at radius 3 is 2.66 bits per heavy atom. The summed E-state index contributed by atoms with van der Waals surface area (Å²) in [6.45, 7) is 10.7. The van der Waals surface area contributed by atoms with Crippen molar-refractivity contribution >= 4 is 11.5 Å². The fourth-order valence-electron chi connectivity index (χ4n) is 4.24. The van der Waals surface area contributed by atoms with Gasteiger partial charge in [-0.25, -0.2) is 4.98 Å². The van der Waals surface area contributed by atoms with Crippen LogP contribution in [0.5, 0.6) is 0 Å². The highest BCUT2D eigenvalue weighted by Gasteiger charge is 2.28. The third kappa shape index (κ3) is 4.17. The molecule has 4 heterocycles. The third-order valence-electron chi connectivity index (χ3n) is 5.75. The van der Waals surface area contributed by atoms with Crippen LogP contribution >= 0.6 is 0 Å². The van der Waals surface area contributed by atoms with Gasteiger partial charge in [-0.2, -0.15) is 5.10 Å². The summed E-state index contributed by atoms with van der Waals surface area (Å²) >= 11 is 0. The van der Waals surface area contributed by atoms with Crippen LogP contribution in [0.25, 0.3) is 0 Å². The summed E-state index contributed by atoms with van der Waals surface area (Å²) in [5.74, 6) is 0.831. The quantitative estimate of drug-likeness (QED) is 0.645. The van der Waals surface area contributed by atoms with Gasteiger partial charge in [-0.3, -0.25) is 14.6 Å². The molecule has 0 aliphatic carbocycles. The normalized spacial score (nSPS) is 17.2. The molecule has 1 fully saturated rings. The molecule has 6 heteroatoms. The van der Waals surface area contributed by atoms with Crippen LogP contribution in [0, 0.1) is 13.8 Å². The average molecular weight is 391 g/mol. The first-order chi connectivity index (χ1) is 14.0. The number of aryl methyl sites for hydroxylation is 1. The van der Waals surface area contributed by atoms with Crippen LogP contribution in [0.15, 0.2) is 42.7 Å². The summed E-state index contributed by atoms with van der Waals surface area (Å²) in [6.07, 6.45) is 6.05. The molecule has 0 unspecified atom stereocenters. The lowest BCUT2D eigenvalue weighted by atomic mass is 10.1. The molecule has 1 atom stereocenters. The van der Waals surface area contributed by atoms with Crippen molar-refractivity contribution in [3.8, 4) is 0 Å². The van der Waals surface area contributed by atoms with Crippen molar-refractivity contribution < 1.29 is 0 Å². The van der Waals surface area contributed by atoms with Crippen molar-refractivity contribution in [1.29, 1.82) is 0 Å². The van der Waals surface area contributed by atoms with E-state index in [0.717, 1.165) is 42.4 Å². The molecular weight excluding hydrogens is 360 g/mol. The molecule has 0 bridgehead atoms. The summed E-state index contributed by atoms with van der Waals surface area (Å²) in [7, 11) is 0. The molecule has 0 aromatic carbocycles. The SMILES string of the molecule is Cc1nn(C(C)C)c(C)c1CN1CCC[C@@H]1c1ccc(Nc2ccccn2)cn1. The predicted octanol–water partition coefficient (Wildman–Crippen LogP) is 4.95. The minimum absolute atomic E-state index is 0.361. The highest BCUT2D eigenvalue weighted by molar-refractivity contribution is 5.54. The van der Waals surface area contributed by atoms with E-state index in [0.29, 0.717) is 12.1 Å². The Kier molecular flexibility index (Phi) is 5.62. The van der Waals surface area contributed by atoms with E-state index in [9.17, 15) is 0 Å². The molecule has 1 N–H and O–H groups in total. The van der Waals surface area contributed by atoms with Gasteiger partial charge in [0.25, 0.3) is 0 Å². The van der Waals surface area contributed by atoms with E-state index < -0.39 is 0 Å². The monoisotopic (exact) mass is 390 g/mol. The van der Waals surface area contributed by atoms with Crippen molar-refractivity contribution in [2.24, 2.45) is 0 Å². The van der Waals surface area contributed by atoms with Crippen molar-refractivity contribution in [1.82, 2.24) is 24.6 Å². The highest BCUT2D eigenvalue weighted by atomic mass is 15.3. The van der Waals surface area contributed by atoms with Crippen LogP contribution in [-0.2, 0) is 6.54 Å². The molecule has 3 aromatic heterocycles. The molecule has 0 saturated carbocycles. The number of pyridine rings is 2. The second kappa shape index (κ2) is 8.33. The van der Waals surface area contributed by atoms with Crippen molar-refractivity contribution in [3.05, 3.63) is 65.4 Å². The summed E-state index contributed by atoms with van der Waals surface area (Å²) in [6, 6.07) is 10.8. The van der Waals surface area contributed by atoms with E-state index in [2.05, 4.69) is 59.7 Å². The first kappa shape index (κ1) is 19.6. The minimum Gasteiger partial charge on any atom is -0.339 e. The van der Waals surface area contributed by atoms with E-state index in [4.69, 9.17) is 10.1 Å². The number of likely N-dealkylation sites (tertiary alicyclic amines) is 1. The fraction of sp³-hybridized carbons (Fsp3) is 0.435. The van der Waals surface area contributed by atoms with Gasteiger partial charge in [0.1, 0.15) is 5.82 Å². The zero-order valence-corrected chi connectivity index (χ0v) is 17.8. The van der Waals surface area contributed by atoms with Crippen LogP contribution in [0.1, 0.15) is 61.4 Å². The van der Waals surface area contributed by atoms with Gasteiger partial charge >= 0.3 is 0 Å². The molecule has 1 saturated heterocycles. The topological polar surface area (TPSA) is 58.9 Å². The maximum absolute atomic E-state index is 4.77. The number of aromatic nitrogens is 4. The van der Waals surface area contributed by atoms with E-state index in [1.54, 1.807) is 6.20 Å². The molecule has 152 valence electrons. The Morgan fingerprint density at radius 1 is 1.14 bits per heavy atom. The fourth-order valence-corrected chi connectivity index (χ4v) is 4.24. The molecule has 1 aliphatic heterocycles. The Balaban J connectivity index is 1.49. The van der Waals surface area contributed by atoms with Crippen LogP contribution in [-0.4, -0.2) is 31.2 Å². The summed E-state index contributed by atoms with van der Waals surface area (Å²) in [4.78, 5) is 11.6. The lowest BCUT2D eigenvalue weighted by molar-refractivity contribution is 0.243. The Morgan fingerprint density at radius 2 is 2.00 bits per heavy atom. The maximum Gasteiger partial charge on any atom is 0.130 e. The molecule has 0 spiro atoms. The van der Waals surface area contributed by atoms with E-state index in [1.165, 1.54) is 17.7 Å². The predicted molar refractivity (Wildman–Crippen MR) is 116 cm³/mol. The van der Waals surface area contributed by atoms with Gasteiger partial charge in [-0.05, 0) is 71.3 Å². The average Bonchev–Trinajstić information content (AvgIpc) is 3.29. The lowest BCUT2D eigenvalue weighted by Crippen LogP contribution is -2.24. The van der Waals surface area contributed by atoms with Crippen molar-refractivity contribution in [2.45, 2.75) is 59.2 Å². The summed E-state index contributed by atoms with van der Waals surface area (Å²) in [5.41, 5.74) is 5.89. The van der Waals surface area contributed by atoms with Gasteiger partial charge in [0.05, 0.1) is 29.3 Å². The van der Waals surface area contributed by atoms with Crippen LogP contribution in [0.4, 0.5) is 11.5 Å². The first-order valence-corrected chi connectivity index (χ1v) is 10.5. The smallest absolute Gasteiger partial charge is 0.130 e. The van der Waals surface area contributed by atoms with Crippen molar-refractivity contribution in [3.63, 3.8) is 0 Å². The number of rotatable bonds is 6. The Hall–Kier alpha value is -2.73. The standard InChI is InChI=1S/C23H30N6/c1-16(2)29-18(4)20(17(3)27-29)15-28-13-7-8-22(28)21-11-10-19(14-25-21)26-23-9-5-6-12-24-23/h5-6,9-12,14,16,22H,7-8,13,15H2,1-4H3,(H,24,26)/t22-/m1/s1. The van der Waals surface area contributed by atoms with Gasteiger partial charge in [0.15, 0.2) is 0 Å². The molecule has 0 amide bonds. The Bertz CT molecular complexity index is 946. The molecule has 29 heavy (non-hydrogen) atoms. The second-order valence-corrected chi connectivity index (χ2v) is 8.13.